The zero-order valence-corrected chi connectivity index (χ0v) is 12.0. The molecule has 0 spiro atoms. The third-order valence-electron chi connectivity index (χ3n) is 3.57. The lowest BCUT2D eigenvalue weighted by molar-refractivity contribution is 0.218. The van der Waals surface area contributed by atoms with Gasteiger partial charge in [0.15, 0.2) is 9.84 Å². The summed E-state index contributed by atoms with van der Waals surface area (Å²) in [4.78, 5) is 1.94. The zero-order chi connectivity index (χ0) is 14.9. The zero-order valence-electron chi connectivity index (χ0n) is 11.2. The summed E-state index contributed by atoms with van der Waals surface area (Å²) in [6.07, 6.45) is 0. The van der Waals surface area contributed by atoms with Crippen LogP contribution in [0.2, 0.25) is 0 Å². The van der Waals surface area contributed by atoms with Crippen molar-refractivity contribution < 1.29 is 22.9 Å². The van der Waals surface area contributed by atoms with Crippen LogP contribution in [0, 0.1) is 5.82 Å². The quantitative estimate of drug-likeness (QED) is 0.709. The highest BCUT2D eigenvalue weighted by atomic mass is 32.2. The standard InChI is InChI=1S/C12H17BFNO4S/c1-9-8-20(18,19)5-4-15(9)7-10-2-3-11(14)6-12(10)13(16)17/h2-3,6,9,16-17H,4-5,7-8H2,1H3. The van der Waals surface area contributed by atoms with Crippen molar-refractivity contribution in [1.29, 1.82) is 0 Å². The Hall–Kier alpha value is -0.955. The monoisotopic (exact) mass is 301 g/mol. The average Bonchev–Trinajstić information content (AvgIpc) is 2.33. The van der Waals surface area contributed by atoms with Gasteiger partial charge in [0.25, 0.3) is 0 Å². The van der Waals surface area contributed by atoms with Gasteiger partial charge in [-0.25, -0.2) is 12.8 Å². The van der Waals surface area contributed by atoms with Gasteiger partial charge in [-0.1, -0.05) is 6.07 Å². The Morgan fingerprint density at radius 2 is 2.15 bits per heavy atom. The highest BCUT2D eigenvalue weighted by Gasteiger charge is 2.29. The molecule has 0 bridgehead atoms. The van der Waals surface area contributed by atoms with Gasteiger partial charge in [-0.3, -0.25) is 4.90 Å². The van der Waals surface area contributed by atoms with Crippen LogP contribution in [0.5, 0.6) is 0 Å². The number of nitrogens with zero attached hydrogens (tertiary/aromatic N) is 1. The van der Waals surface area contributed by atoms with Gasteiger partial charge in [0.2, 0.25) is 0 Å². The summed E-state index contributed by atoms with van der Waals surface area (Å²) in [7, 11) is -4.74. The van der Waals surface area contributed by atoms with E-state index >= 15 is 0 Å². The molecular weight excluding hydrogens is 284 g/mol. The Kier molecular flexibility index (Phi) is 4.48. The molecule has 1 aromatic rings. The smallest absolute Gasteiger partial charge is 0.423 e. The van der Waals surface area contributed by atoms with E-state index in [0.717, 1.165) is 6.07 Å². The molecule has 1 saturated heterocycles. The molecule has 0 saturated carbocycles. The fraction of sp³-hybridized carbons (Fsp3) is 0.500. The molecule has 0 radical (unpaired) electrons. The van der Waals surface area contributed by atoms with Crippen molar-refractivity contribution in [2.75, 3.05) is 18.1 Å². The second kappa shape index (κ2) is 5.81. The largest absolute Gasteiger partial charge is 0.488 e. The van der Waals surface area contributed by atoms with Crippen LogP contribution in [0.4, 0.5) is 4.39 Å². The topological polar surface area (TPSA) is 77.8 Å². The minimum atomic E-state index is -2.99. The van der Waals surface area contributed by atoms with Crippen molar-refractivity contribution in [1.82, 2.24) is 4.90 Å². The van der Waals surface area contributed by atoms with E-state index in [9.17, 15) is 22.9 Å². The lowest BCUT2D eigenvalue weighted by Gasteiger charge is -2.33. The van der Waals surface area contributed by atoms with Crippen LogP contribution in [-0.2, 0) is 16.4 Å². The molecule has 1 heterocycles. The molecule has 20 heavy (non-hydrogen) atoms. The number of benzene rings is 1. The van der Waals surface area contributed by atoms with Gasteiger partial charge >= 0.3 is 7.12 Å². The van der Waals surface area contributed by atoms with Crippen LogP contribution >= 0.6 is 0 Å². The third-order valence-corrected chi connectivity index (χ3v) is 5.36. The third kappa shape index (κ3) is 3.57. The average molecular weight is 301 g/mol. The summed E-state index contributed by atoms with van der Waals surface area (Å²) in [6.45, 7) is 2.57. The maximum Gasteiger partial charge on any atom is 0.488 e. The molecule has 2 rings (SSSR count). The van der Waals surface area contributed by atoms with Crippen molar-refractivity contribution in [3.8, 4) is 0 Å². The Morgan fingerprint density at radius 1 is 1.45 bits per heavy atom. The van der Waals surface area contributed by atoms with Gasteiger partial charge in [-0.15, -0.1) is 0 Å². The first kappa shape index (κ1) is 15.4. The molecule has 1 aliphatic heterocycles. The van der Waals surface area contributed by atoms with Crippen LogP contribution in [0.15, 0.2) is 18.2 Å². The molecule has 110 valence electrons. The van der Waals surface area contributed by atoms with E-state index in [0.29, 0.717) is 18.7 Å². The Bertz CT molecular complexity index is 593. The predicted molar refractivity (Wildman–Crippen MR) is 74.8 cm³/mol. The molecule has 8 heteroatoms. The predicted octanol–water partition coefficient (Wildman–Crippen LogP) is -0.876. The van der Waals surface area contributed by atoms with Gasteiger partial charge in [0.1, 0.15) is 5.82 Å². The minimum Gasteiger partial charge on any atom is -0.423 e. The Balaban J connectivity index is 2.18. The molecule has 0 aliphatic carbocycles. The first-order chi connectivity index (χ1) is 9.28. The van der Waals surface area contributed by atoms with Gasteiger partial charge in [0.05, 0.1) is 11.5 Å². The molecule has 1 fully saturated rings. The van der Waals surface area contributed by atoms with Crippen molar-refractivity contribution in [3.05, 3.63) is 29.6 Å². The molecule has 1 unspecified atom stereocenters. The molecule has 1 aliphatic rings. The second-order valence-corrected chi connectivity index (χ2v) is 7.38. The van der Waals surface area contributed by atoms with Crippen molar-refractivity contribution in [2.24, 2.45) is 0 Å². The van der Waals surface area contributed by atoms with Crippen LogP contribution in [0.25, 0.3) is 0 Å². The Morgan fingerprint density at radius 3 is 2.75 bits per heavy atom. The van der Waals surface area contributed by atoms with E-state index in [1.54, 1.807) is 0 Å². The number of halogens is 1. The summed E-state index contributed by atoms with van der Waals surface area (Å²) in [5, 5.41) is 18.6. The van der Waals surface area contributed by atoms with Gasteiger partial charge in [-0.05, 0) is 30.1 Å². The lowest BCUT2D eigenvalue weighted by Crippen LogP contribution is -2.47. The van der Waals surface area contributed by atoms with Gasteiger partial charge in [0, 0.05) is 19.1 Å². The lowest BCUT2D eigenvalue weighted by atomic mass is 9.77. The fourth-order valence-electron chi connectivity index (χ4n) is 2.44. The molecule has 1 atom stereocenters. The molecule has 1 aromatic carbocycles. The summed E-state index contributed by atoms with van der Waals surface area (Å²) in [5.74, 6) is -0.355. The SMILES string of the molecule is CC1CS(=O)(=O)CCN1Cc1ccc(F)cc1B(O)O. The number of rotatable bonds is 3. The van der Waals surface area contributed by atoms with Crippen molar-refractivity contribution >= 4 is 22.4 Å². The summed E-state index contributed by atoms with van der Waals surface area (Å²) >= 11 is 0. The van der Waals surface area contributed by atoms with Crippen molar-refractivity contribution in [2.45, 2.75) is 19.5 Å². The number of sulfone groups is 1. The maximum atomic E-state index is 13.1. The highest BCUT2D eigenvalue weighted by molar-refractivity contribution is 7.91. The summed E-state index contributed by atoms with van der Waals surface area (Å²) < 4.78 is 36.2. The number of hydrogen-bond donors (Lipinski definition) is 2. The van der Waals surface area contributed by atoms with Crippen LogP contribution in [-0.4, -0.2) is 54.6 Å². The van der Waals surface area contributed by atoms with Crippen LogP contribution in [0.3, 0.4) is 0 Å². The van der Waals surface area contributed by atoms with Gasteiger partial charge < -0.3 is 10.0 Å². The fourth-order valence-corrected chi connectivity index (χ4v) is 4.06. The summed E-state index contributed by atoms with van der Waals surface area (Å²) in [5.41, 5.74) is 0.707. The maximum absolute atomic E-state index is 13.1. The van der Waals surface area contributed by atoms with E-state index in [2.05, 4.69) is 0 Å². The highest BCUT2D eigenvalue weighted by Crippen LogP contribution is 2.15. The normalized spacial score (nSPS) is 22.7. The minimum absolute atomic E-state index is 0.0885. The molecular formula is C12H17BFNO4S. The van der Waals surface area contributed by atoms with Crippen molar-refractivity contribution in [3.63, 3.8) is 0 Å². The molecule has 0 aromatic heterocycles. The van der Waals surface area contributed by atoms with E-state index in [1.807, 2.05) is 11.8 Å². The van der Waals surface area contributed by atoms with E-state index < -0.39 is 22.8 Å². The molecule has 0 amide bonds. The molecule has 5 nitrogen and oxygen atoms in total. The number of hydrogen-bond acceptors (Lipinski definition) is 5. The van der Waals surface area contributed by atoms with Crippen LogP contribution in [0.1, 0.15) is 12.5 Å². The van der Waals surface area contributed by atoms with E-state index in [1.165, 1.54) is 12.1 Å². The second-order valence-electron chi connectivity index (χ2n) is 5.15. The summed E-state index contributed by atoms with van der Waals surface area (Å²) in [6, 6.07) is 3.69. The van der Waals surface area contributed by atoms with E-state index in [-0.39, 0.29) is 23.0 Å². The van der Waals surface area contributed by atoms with E-state index in [4.69, 9.17) is 0 Å². The van der Waals surface area contributed by atoms with Gasteiger partial charge in [-0.2, -0.15) is 0 Å². The Labute approximate surface area is 118 Å². The first-order valence-electron chi connectivity index (χ1n) is 6.37. The first-order valence-corrected chi connectivity index (χ1v) is 8.19. The molecule has 2 N–H and O–H groups in total. The van der Waals surface area contributed by atoms with Crippen LogP contribution < -0.4 is 5.46 Å².